The van der Waals surface area contributed by atoms with Crippen LogP contribution in [0, 0.1) is 5.82 Å². The Kier molecular flexibility index (Phi) is 5.69. The van der Waals surface area contributed by atoms with Crippen LogP contribution in [0.4, 0.5) is 9.18 Å². The number of hydrogen-bond donors (Lipinski definition) is 1. The third kappa shape index (κ3) is 4.32. The largest absolute Gasteiger partial charge is 0.465 e. The van der Waals surface area contributed by atoms with E-state index >= 15 is 0 Å². The Bertz CT molecular complexity index is 914. The Morgan fingerprint density at radius 1 is 1.29 bits per heavy atom. The number of fused-ring (bicyclic) bond motifs is 1. The van der Waals surface area contributed by atoms with Crippen molar-refractivity contribution in [3.63, 3.8) is 0 Å². The summed E-state index contributed by atoms with van der Waals surface area (Å²) in [6.07, 6.45) is 1.87. The van der Waals surface area contributed by atoms with Crippen molar-refractivity contribution in [1.82, 2.24) is 19.4 Å². The second-order valence-electron chi connectivity index (χ2n) is 8.28. The lowest BCUT2D eigenvalue weighted by Crippen LogP contribution is -2.54. The Labute approximate surface area is 163 Å². The fraction of sp³-hybridized carbons (Fsp3) is 0.550. The molecule has 0 bridgehead atoms. The predicted molar refractivity (Wildman–Crippen MR) is 105 cm³/mol. The Morgan fingerprint density at radius 2 is 1.96 bits per heavy atom. The maximum absolute atomic E-state index is 13.4. The van der Waals surface area contributed by atoms with Gasteiger partial charge in [-0.1, -0.05) is 0 Å². The van der Waals surface area contributed by atoms with E-state index in [4.69, 9.17) is 0 Å². The first-order valence-electron chi connectivity index (χ1n) is 9.56. The van der Waals surface area contributed by atoms with Crippen molar-refractivity contribution in [3.8, 4) is 0 Å². The van der Waals surface area contributed by atoms with Crippen molar-refractivity contribution < 1.29 is 14.3 Å². The first kappa shape index (κ1) is 20.3. The number of carboxylic acid groups (broad SMARTS) is 1. The summed E-state index contributed by atoms with van der Waals surface area (Å²) in [6, 6.07) is 4.24. The van der Waals surface area contributed by atoms with Gasteiger partial charge in [0.15, 0.2) is 0 Å². The summed E-state index contributed by atoms with van der Waals surface area (Å²) in [5, 5.41) is 9.57. The summed E-state index contributed by atoms with van der Waals surface area (Å²) >= 11 is 0. The zero-order valence-electron chi connectivity index (χ0n) is 16.6. The summed E-state index contributed by atoms with van der Waals surface area (Å²) in [5.41, 5.74) is 0.435. The molecule has 3 rings (SSSR count). The molecule has 28 heavy (non-hydrogen) atoms. The molecule has 0 saturated carbocycles. The van der Waals surface area contributed by atoms with Gasteiger partial charge in [0.05, 0.1) is 17.2 Å². The minimum Gasteiger partial charge on any atom is -0.465 e. The average Bonchev–Trinajstić information content (AvgIpc) is 2.61. The summed E-state index contributed by atoms with van der Waals surface area (Å²) in [7, 11) is 0. The zero-order chi connectivity index (χ0) is 20.5. The molecular formula is C20H27FN4O3. The summed E-state index contributed by atoms with van der Waals surface area (Å²) in [5.74, 6) is -0.380. The highest BCUT2D eigenvalue weighted by Crippen LogP contribution is 2.24. The highest BCUT2D eigenvalue weighted by atomic mass is 19.1. The van der Waals surface area contributed by atoms with E-state index < -0.39 is 11.6 Å². The molecule has 1 aromatic heterocycles. The normalized spacial score (nSPS) is 16.4. The monoisotopic (exact) mass is 390 g/mol. The molecule has 7 nitrogen and oxygen atoms in total. The predicted octanol–water partition coefficient (Wildman–Crippen LogP) is 2.78. The molecule has 0 aliphatic carbocycles. The number of amides is 1. The van der Waals surface area contributed by atoms with Gasteiger partial charge in [0.25, 0.3) is 5.56 Å². The third-order valence-electron chi connectivity index (χ3n) is 5.30. The average molecular weight is 390 g/mol. The van der Waals surface area contributed by atoms with Crippen molar-refractivity contribution in [2.75, 3.05) is 19.6 Å². The quantitative estimate of drug-likeness (QED) is 0.869. The maximum Gasteiger partial charge on any atom is 0.407 e. The van der Waals surface area contributed by atoms with E-state index in [2.05, 4.69) is 9.88 Å². The number of nitrogens with zero attached hydrogens (tertiary/aromatic N) is 4. The van der Waals surface area contributed by atoms with Crippen LogP contribution in [0.1, 0.15) is 33.6 Å². The number of rotatable bonds is 4. The van der Waals surface area contributed by atoms with Crippen LogP contribution in [0.3, 0.4) is 0 Å². The van der Waals surface area contributed by atoms with Crippen LogP contribution in [0.5, 0.6) is 0 Å². The Hall–Kier alpha value is -2.48. The van der Waals surface area contributed by atoms with Gasteiger partial charge in [-0.15, -0.1) is 0 Å². The molecule has 152 valence electrons. The van der Waals surface area contributed by atoms with E-state index in [1.807, 2.05) is 20.8 Å². The number of halogens is 1. The topological polar surface area (TPSA) is 78.7 Å². The van der Waals surface area contributed by atoms with E-state index in [1.165, 1.54) is 18.3 Å². The molecule has 8 heteroatoms. The minimum atomic E-state index is -0.881. The van der Waals surface area contributed by atoms with Crippen molar-refractivity contribution in [1.29, 1.82) is 0 Å². The fourth-order valence-corrected chi connectivity index (χ4v) is 4.01. The second-order valence-corrected chi connectivity index (χ2v) is 8.28. The third-order valence-corrected chi connectivity index (χ3v) is 5.30. The van der Waals surface area contributed by atoms with Crippen LogP contribution < -0.4 is 5.56 Å². The van der Waals surface area contributed by atoms with Crippen LogP contribution in [0.25, 0.3) is 11.0 Å². The van der Waals surface area contributed by atoms with E-state index in [9.17, 15) is 19.1 Å². The first-order chi connectivity index (χ1) is 13.2. The summed E-state index contributed by atoms with van der Waals surface area (Å²) < 4.78 is 15.0. The molecule has 1 aromatic carbocycles. The van der Waals surface area contributed by atoms with Crippen LogP contribution in [-0.2, 0) is 6.54 Å². The molecule has 1 N–H and O–H groups in total. The molecule has 1 fully saturated rings. The molecular weight excluding hydrogens is 363 g/mol. The molecule has 1 aliphatic heterocycles. The molecule has 0 unspecified atom stereocenters. The van der Waals surface area contributed by atoms with Gasteiger partial charge in [-0.25, -0.2) is 14.2 Å². The van der Waals surface area contributed by atoms with Gasteiger partial charge in [-0.3, -0.25) is 4.79 Å². The van der Waals surface area contributed by atoms with Gasteiger partial charge < -0.3 is 19.5 Å². The second kappa shape index (κ2) is 7.87. The van der Waals surface area contributed by atoms with Gasteiger partial charge in [0.1, 0.15) is 5.82 Å². The SMILES string of the molecule is CC(C)(C)N(C(=O)O)C1CCN(CCn2c(=O)cnc3cc(F)ccc32)CC1. The lowest BCUT2D eigenvalue weighted by Gasteiger charge is -2.43. The number of likely N-dealkylation sites (tertiary alicyclic amines) is 1. The molecule has 1 amide bonds. The molecule has 1 saturated heterocycles. The first-order valence-corrected chi connectivity index (χ1v) is 9.56. The molecule has 0 spiro atoms. The highest BCUT2D eigenvalue weighted by Gasteiger charge is 2.35. The molecule has 2 heterocycles. The summed E-state index contributed by atoms with van der Waals surface area (Å²) in [4.78, 5) is 31.7. The van der Waals surface area contributed by atoms with Crippen molar-refractivity contribution in [3.05, 3.63) is 40.6 Å². The minimum absolute atomic E-state index is 0.00111. The molecule has 0 radical (unpaired) electrons. The van der Waals surface area contributed by atoms with Gasteiger partial charge in [-0.05, 0) is 45.7 Å². The number of hydrogen-bond acceptors (Lipinski definition) is 4. The van der Waals surface area contributed by atoms with Crippen molar-refractivity contribution in [2.45, 2.75) is 51.7 Å². The fourth-order valence-electron chi connectivity index (χ4n) is 4.01. The van der Waals surface area contributed by atoms with Crippen molar-refractivity contribution >= 4 is 17.1 Å². The lowest BCUT2D eigenvalue weighted by molar-refractivity contribution is 0.0417. The smallest absolute Gasteiger partial charge is 0.407 e. The van der Waals surface area contributed by atoms with E-state index in [1.54, 1.807) is 15.5 Å². The maximum atomic E-state index is 13.4. The Balaban J connectivity index is 1.65. The van der Waals surface area contributed by atoms with Gasteiger partial charge >= 0.3 is 6.09 Å². The van der Waals surface area contributed by atoms with Gasteiger partial charge in [-0.2, -0.15) is 0 Å². The lowest BCUT2D eigenvalue weighted by atomic mass is 9.97. The van der Waals surface area contributed by atoms with E-state index in [0.717, 1.165) is 25.9 Å². The van der Waals surface area contributed by atoms with Crippen molar-refractivity contribution in [2.24, 2.45) is 0 Å². The summed E-state index contributed by atoms with van der Waals surface area (Å²) in [6.45, 7) is 8.45. The molecule has 1 aliphatic rings. The standard InChI is InChI=1S/C20H27FN4O3/c1-20(2,3)25(19(27)28)15-6-8-23(9-7-15)10-11-24-17-5-4-14(21)12-16(17)22-13-18(24)26/h4-5,12-13,15H,6-11H2,1-3H3,(H,27,28). The van der Waals surface area contributed by atoms with Crippen LogP contribution in [0.2, 0.25) is 0 Å². The number of carbonyl (C=O) groups is 1. The van der Waals surface area contributed by atoms with E-state index in [0.29, 0.717) is 24.1 Å². The van der Waals surface area contributed by atoms with Crippen LogP contribution >= 0.6 is 0 Å². The van der Waals surface area contributed by atoms with E-state index in [-0.39, 0.29) is 17.4 Å². The van der Waals surface area contributed by atoms with Crippen LogP contribution in [0.15, 0.2) is 29.2 Å². The molecule has 0 atom stereocenters. The number of benzene rings is 1. The highest BCUT2D eigenvalue weighted by molar-refractivity contribution is 5.74. The Morgan fingerprint density at radius 3 is 2.57 bits per heavy atom. The van der Waals surface area contributed by atoms with Crippen LogP contribution in [-0.4, -0.2) is 61.8 Å². The zero-order valence-corrected chi connectivity index (χ0v) is 16.6. The number of piperidine rings is 1. The number of aromatic nitrogens is 2. The van der Waals surface area contributed by atoms with Gasteiger partial charge in [0, 0.05) is 43.8 Å². The van der Waals surface area contributed by atoms with Gasteiger partial charge in [0.2, 0.25) is 0 Å². The molecule has 2 aromatic rings.